The first-order valence-corrected chi connectivity index (χ1v) is 10.1. The van der Waals surface area contributed by atoms with Crippen molar-refractivity contribution in [3.05, 3.63) is 54.1 Å². The minimum Gasteiger partial charge on any atom is -0.302 e. The third kappa shape index (κ3) is 5.18. The summed E-state index contributed by atoms with van der Waals surface area (Å²) in [6, 6.07) is 6.73. The van der Waals surface area contributed by atoms with Gasteiger partial charge in [0.1, 0.15) is 11.6 Å². The lowest BCUT2D eigenvalue weighted by Crippen LogP contribution is -2.10. The number of thioether (sulfide) groups is 1. The Morgan fingerprint density at radius 1 is 1.24 bits per heavy atom. The molecule has 134 valence electrons. The lowest BCUT2D eigenvalue weighted by molar-refractivity contribution is 0.336. The molecule has 0 aliphatic heterocycles. The Kier molecular flexibility index (Phi) is 6.68. The number of halogens is 1. The molecule has 0 atom stereocenters. The topological polar surface area (TPSA) is 30.7 Å². The summed E-state index contributed by atoms with van der Waals surface area (Å²) in [7, 11) is 0. The fourth-order valence-corrected chi connectivity index (χ4v) is 4.42. The van der Waals surface area contributed by atoms with Gasteiger partial charge in [0.05, 0.1) is 0 Å². The third-order valence-electron chi connectivity index (χ3n) is 4.86. The van der Waals surface area contributed by atoms with Gasteiger partial charge in [0.25, 0.3) is 0 Å². The molecule has 1 aromatic carbocycles. The van der Waals surface area contributed by atoms with Crippen LogP contribution in [-0.4, -0.2) is 14.8 Å². The fraction of sp³-hybridized carbons (Fsp3) is 0.500. The Bertz CT molecular complexity index is 692. The van der Waals surface area contributed by atoms with E-state index in [-0.39, 0.29) is 5.82 Å². The van der Waals surface area contributed by atoms with E-state index in [0.29, 0.717) is 5.75 Å². The zero-order valence-corrected chi connectivity index (χ0v) is 15.5. The predicted molar refractivity (Wildman–Crippen MR) is 101 cm³/mol. The summed E-state index contributed by atoms with van der Waals surface area (Å²) < 4.78 is 15.5. The summed E-state index contributed by atoms with van der Waals surface area (Å²) in [4.78, 5) is 0. The van der Waals surface area contributed by atoms with E-state index >= 15 is 0 Å². The molecule has 1 heterocycles. The first-order chi connectivity index (χ1) is 12.3. The standard InChI is InChI=1S/C20H26FN3S/c1-2-13-24-19(12-11-16-7-4-3-5-8-16)22-23-20(24)25-15-17-9-6-10-18(21)14-17/h2,6,9-10,14,16H,1,3-5,7-8,11-13,15H2. The number of rotatable bonds is 8. The molecule has 3 nitrogen and oxygen atoms in total. The number of benzene rings is 1. The van der Waals surface area contributed by atoms with Crippen LogP contribution >= 0.6 is 11.8 Å². The summed E-state index contributed by atoms with van der Waals surface area (Å²) in [5.41, 5.74) is 0.960. The van der Waals surface area contributed by atoms with E-state index in [2.05, 4.69) is 21.3 Å². The van der Waals surface area contributed by atoms with Gasteiger partial charge in [-0.05, 0) is 30.0 Å². The Balaban J connectivity index is 1.62. The van der Waals surface area contributed by atoms with Gasteiger partial charge in [0.15, 0.2) is 5.16 Å². The number of aryl methyl sites for hydroxylation is 1. The molecule has 2 aromatic rings. The van der Waals surface area contributed by atoms with E-state index < -0.39 is 0 Å². The fourth-order valence-electron chi connectivity index (χ4n) is 3.51. The molecule has 1 saturated carbocycles. The molecule has 3 rings (SSSR count). The van der Waals surface area contributed by atoms with E-state index in [9.17, 15) is 4.39 Å². The van der Waals surface area contributed by atoms with Crippen LogP contribution in [0.15, 0.2) is 42.1 Å². The van der Waals surface area contributed by atoms with E-state index in [4.69, 9.17) is 0 Å². The molecule has 1 aromatic heterocycles. The molecule has 0 unspecified atom stereocenters. The number of hydrogen-bond donors (Lipinski definition) is 0. The predicted octanol–water partition coefficient (Wildman–Crippen LogP) is 5.41. The maximum absolute atomic E-state index is 13.3. The Morgan fingerprint density at radius 3 is 2.84 bits per heavy atom. The van der Waals surface area contributed by atoms with Crippen molar-refractivity contribution in [1.29, 1.82) is 0 Å². The molecule has 0 bridgehead atoms. The van der Waals surface area contributed by atoms with Crippen LogP contribution in [0.2, 0.25) is 0 Å². The summed E-state index contributed by atoms with van der Waals surface area (Å²) in [5, 5.41) is 9.68. The molecule has 0 spiro atoms. The number of allylic oxidation sites excluding steroid dienone is 1. The molecule has 1 aliphatic carbocycles. The highest BCUT2D eigenvalue weighted by atomic mass is 32.2. The van der Waals surface area contributed by atoms with Crippen LogP contribution in [-0.2, 0) is 18.7 Å². The maximum Gasteiger partial charge on any atom is 0.191 e. The zero-order valence-electron chi connectivity index (χ0n) is 14.7. The van der Waals surface area contributed by atoms with Crippen LogP contribution in [0.25, 0.3) is 0 Å². The third-order valence-corrected chi connectivity index (χ3v) is 5.90. The zero-order chi connectivity index (χ0) is 17.5. The molecule has 5 heteroatoms. The number of hydrogen-bond acceptors (Lipinski definition) is 3. The second-order valence-corrected chi connectivity index (χ2v) is 7.70. The summed E-state index contributed by atoms with van der Waals surface area (Å²) in [6.07, 6.45) is 10.9. The molecule has 1 fully saturated rings. The van der Waals surface area contributed by atoms with Crippen LogP contribution in [0.5, 0.6) is 0 Å². The van der Waals surface area contributed by atoms with Crippen molar-refractivity contribution in [2.75, 3.05) is 0 Å². The van der Waals surface area contributed by atoms with Crippen molar-refractivity contribution in [2.24, 2.45) is 5.92 Å². The van der Waals surface area contributed by atoms with Gasteiger partial charge in [-0.3, -0.25) is 0 Å². The largest absolute Gasteiger partial charge is 0.302 e. The molecule has 0 amide bonds. The van der Waals surface area contributed by atoms with Crippen molar-refractivity contribution in [2.45, 2.75) is 62.4 Å². The summed E-state index contributed by atoms with van der Waals surface area (Å²) in [5.74, 6) is 2.38. The van der Waals surface area contributed by atoms with E-state index in [1.165, 1.54) is 44.6 Å². The van der Waals surface area contributed by atoms with E-state index in [1.54, 1.807) is 23.9 Å². The highest BCUT2D eigenvalue weighted by Crippen LogP contribution is 2.28. The molecular weight excluding hydrogens is 333 g/mol. The van der Waals surface area contributed by atoms with E-state index in [0.717, 1.165) is 35.4 Å². The SMILES string of the molecule is C=CCn1c(CCC2CCCCC2)nnc1SCc1cccc(F)c1. The normalized spacial score (nSPS) is 15.4. The van der Waals surface area contributed by atoms with Gasteiger partial charge in [0.2, 0.25) is 0 Å². The van der Waals surface area contributed by atoms with Gasteiger partial charge < -0.3 is 4.57 Å². The van der Waals surface area contributed by atoms with Gasteiger partial charge in [0, 0.05) is 18.7 Å². The van der Waals surface area contributed by atoms with Gasteiger partial charge in [-0.15, -0.1) is 16.8 Å². The van der Waals surface area contributed by atoms with Gasteiger partial charge in [-0.2, -0.15) is 0 Å². The molecule has 25 heavy (non-hydrogen) atoms. The molecule has 0 radical (unpaired) electrons. The van der Waals surface area contributed by atoms with Crippen LogP contribution in [0.3, 0.4) is 0 Å². The maximum atomic E-state index is 13.3. The molecule has 0 saturated heterocycles. The average molecular weight is 360 g/mol. The average Bonchev–Trinajstić information content (AvgIpc) is 3.01. The monoisotopic (exact) mass is 359 g/mol. The van der Waals surface area contributed by atoms with Gasteiger partial charge >= 0.3 is 0 Å². The first-order valence-electron chi connectivity index (χ1n) is 9.16. The lowest BCUT2D eigenvalue weighted by atomic mass is 9.86. The van der Waals surface area contributed by atoms with Crippen LogP contribution in [0, 0.1) is 11.7 Å². The molecule has 1 aliphatic rings. The molecule has 0 N–H and O–H groups in total. The molecular formula is C20H26FN3S. The van der Waals surface area contributed by atoms with Crippen molar-refractivity contribution in [3.63, 3.8) is 0 Å². The van der Waals surface area contributed by atoms with Crippen molar-refractivity contribution in [1.82, 2.24) is 14.8 Å². The Morgan fingerprint density at radius 2 is 2.08 bits per heavy atom. The highest BCUT2D eigenvalue weighted by molar-refractivity contribution is 7.98. The van der Waals surface area contributed by atoms with Crippen LogP contribution in [0.4, 0.5) is 4.39 Å². The Hall–Kier alpha value is -1.62. The van der Waals surface area contributed by atoms with Gasteiger partial charge in [-0.25, -0.2) is 4.39 Å². The quantitative estimate of drug-likeness (QED) is 0.466. The number of nitrogens with zero attached hydrogens (tertiary/aromatic N) is 3. The Labute approximate surface area is 153 Å². The highest BCUT2D eigenvalue weighted by Gasteiger charge is 2.17. The summed E-state index contributed by atoms with van der Waals surface area (Å²) >= 11 is 1.61. The van der Waals surface area contributed by atoms with Gasteiger partial charge in [-0.1, -0.05) is 62.1 Å². The minimum atomic E-state index is -0.196. The number of aromatic nitrogens is 3. The minimum absolute atomic E-state index is 0.196. The smallest absolute Gasteiger partial charge is 0.191 e. The van der Waals surface area contributed by atoms with Crippen molar-refractivity contribution < 1.29 is 4.39 Å². The van der Waals surface area contributed by atoms with Crippen molar-refractivity contribution in [3.8, 4) is 0 Å². The van der Waals surface area contributed by atoms with Crippen LogP contribution in [0.1, 0.15) is 49.9 Å². The second kappa shape index (κ2) is 9.18. The lowest BCUT2D eigenvalue weighted by Gasteiger charge is -2.21. The van der Waals surface area contributed by atoms with Crippen molar-refractivity contribution >= 4 is 11.8 Å². The van der Waals surface area contributed by atoms with E-state index in [1.807, 2.05) is 12.1 Å². The second-order valence-electron chi connectivity index (χ2n) is 6.76. The van der Waals surface area contributed by atoms with Crippen LogP contribution < -0.4 is 0 Å². The summed E-state index contributed by atoms with van der Waals surface area (Å²) in [6.45, 7) is 4.58. The first kappa shape index (κ1) is 18.2.